The molecule has 3 heterocycles. The van der Waals surface area contributed by atoms with Gasteiger partial charge in [0.05, 0.1) is 23.2 Å². The molecule has 2 amide bonds. The third-order valence-electron chi connectivity index (χ3n) is 8.41. The number of ether oxygens (including phenoxy) is 1. The van der Waals surface area contributed by atoms with Gasteiger partial charge in [-0.05, 0) is 56.6 Å². The number of hydrogen-bond acceptors (Lipinski definition) is 6. The highest BCUT2D eigenvalue weighted by molar-refractivity contribution is 8.02. The van der Waals surface area contributed by atoms with E-state index in [0.717, 1.165) is 23.2 Å². The van der Waals surface area contributed by atoms with Crippen LogP contribution in [0.5, 0.6) is 0 Å². The molecule has 1 N–H and O–H groups in total. The van der Waals surface area contributed by atoms with Crippen molar-refractivity contribution in [1.29, 1.82) is 0 Å². The highest BCUT2D eigenvalue weighted by Crippen LogP contribution is 2.68. The van der Waals surface area contributed by atoms with Gasteiger partial charge in [0.1, 0.15) is 6.04 Å². The van der Waals surface area contributed by atoms with E-state index in [0.29, 0.717) is 32.4 Å². The van der Waals surface area contributed by atoms with Crippen LogP contribution in [0.4, 0.5) is 5.69 Å². The normalized spacial score (nSPS) is 29.3. The molecule has 3 unspecified atom stereocenters. The zero-order chi connectivity index (χ0) is 27.6. The minimum absolute atomic E-state index is 0.0195. The number of anilines is 1. The molecule has 38 heavy (non-hydrogen) atoms. The van der Waals surface area contributed by atoms with Crippen LogP contribution in [-0.4, -0.2) is 70.1 Å². The Morgan fingerprint density at radius 2 is 1.95 bits per heavy atom. The van der Waals surface area contributed by atoms with Gasteiger partial charge in [-0.25, -0.2) is 0 Å². The number of nitrogens with zero attached hydrogens (tertiary/aromatic N) is 2. The first kappa shape index (κ1) is 28.4. The smallest absolute Gasteiger partial charge is 0.310 e. The molecule has 0 aliphatic carbocycles. The molecular formula is C30H40N2O5S. The molecule has 0 saturated carbocycles. The van der Waals surface area contributed by atoms with E-state index in [-0.39, 0.29) is 42.2 Å². The number of esters is 1. The van der Waals surface area contributed by atoms with Crippen LogP contribution in [0.25, 0.3) is 0 Å². The predicted molar refractivity (Wildman–Crippen MR) is 151 cm³/mol. The highest BCUT2D eigenvalue weighted by Gasteiger charge is 2.76. The van der Waals surface area contributed by atoms with Gasteiger partial charge in [-0.1, -0.05) is 37.3 Å². The minimum Gasteiger partial charge on any atom is -0.465 e. The number of aliphatic hydroxyl groups excluding tert-OH is 1. The van der Waals surface area contributed by atoms with Crippen molar-refractivity contribution < 1.29 is 24.2 Å². The molecule has 0 radical (unpaired) electrons. The van der Waals surface area contributed by atoms with Gasteiger partial charge in [0.15, 0.2) is 0 Å². The molecule has 1 aromatic rings. The number of aliphatic hydroxyl groups is 1. The lowest BCUT2D eigenvalue weighted by molar-refractivity contribution is -0.154. The molecule has 4 rings (SSSR count). The average Bonchev–Trinajstić information content (AvgIpc) is 3.47. The van der Waals surface area contributed by atoms with Gasteiger partial charge in [-0.15, -0.1) is 24.9 Å². The second-order valence-electron chi connectivity index (χ2n) is 10.7. The quantitative estimate of drug-likeness (QED) is 0.245. The lowest BCUT2D eigenvalue weighted by Crippen LogP contribution is -2.57. The van der Waals surface area contributed by atoms with Crippen LogP contribution in [0.1, 0.15) is 43.7 Å². The van der Waals surface area contributed by atoms with Gasteiger partial charge in [-0.2, -0.15) is 0 Å². The highest BCUT2D eigenvalue weighted by atomic mass is 32.2. The largest absolute Gasteiger partial charge is 0.465 e. The summed E-state index contributed by atoms with van der Waals surface area (Å²) in [5, 5.41) is 9.35. The Kier molecular flexibility index (Phi) is 8.72. The number of benzene rings is 1. The Morgan fingerprint density at radius 1 is 1.24 bits per heavy atom. The van der Waals surface area contributed by atoms with E-state index in [2.05, 4.69) is 20.1 Å². The maximum atomic E-state index is 14.7. The molecule has 3 aliphatic heterocycles. The minimum atomic E-state index is -0.714. The van der Waals surface area contributed by atoms with Crippen LogP contribution in [-0.2, 0) is 19.1 Å². The second-order valence-corrected chi connectivity index (χ2v) is 12.3. The van der Waals surface area contributed by atoms with E-state index in [1.54, 1.807) is 33.7 Å². The second kappa shape index (κ2) is 11.7. The first-order chi connectivity index (χ1) is 18.2. The standard InChI is InChI=1S/C30H40N2O5S/c1-6-8-17-37-29(36)23-22-18-21(5)30(38-22)24(23)27(34)32(15-9-10-16-33)26(30)28(35)31(14-7-2)25-19(3)12-11-13-20(25)4/h6-7,11-13,21-24,26,33H,1-2,8-10,14-18H2,3-5H3/t21?,22-,23+,24+,26?,30?/m1/s1. The van der Waals surface area contributed by atoms with Crippen molar-refractivity contribution in [1.82, 2.24) is 4.90 Å². The fourth-order valence-electron chi connectivity index (χ4n) is 6.84. The first-order valence-corrected chi connectivity index (χ1v) is 14.5. The predicted octanol–water partition coefficient (Wildman–Crippen LogP) is 4.05. The third kappa shape index (κ3) is 4.60. The van der Waals surface area contributed by atoms with Crippen molar-refractivity contribution in [2.24, 2.45) is 17.8 Å². The molecule has 8 heteroatoms. The van der Waals surface area contributed by atoms with E-state index in [1.807, 2.05) is 32.0 Å². The zero-order valence-electron chi connectivity index (χ0n) is 22.7. The summed E-state index contributed by atoms with van der Waals surface area (Å²) in [6.45, 7) is 14.6. The molecular weight excluding hydrogens is 500 g/mol. The van der Waals surface area contributed by atoms with E-state index in [9.17, 15) is 19.5 Å². The van der Waals surface area contributed by atoms with Crippen molar-refractivity contribution >= 4 is 35.2 Å². The zero-order valence-corrected chi connectivity index (χ0v) is 23.5. The van der Waals surface area contributed by atoms with Crippen molar-refractivity contribution in [3.63, 3.8) is 0 Å². The molecule has 2 bridgehead atoms. The molecule has 3 fully saturated rings. The number of likely N-dealkylation sites (tertiary alicyclic amines) is 1. The number of rotatable bonds is 12. The van der Waals surface area contributed by atoms with Crippen LogP contribution in [0, 0.1) is 31.6 Å². The molecule has 206 valence electrons. The number of thioether (sulfide) groups is 1. The number of unbranched alkanes of at least 4 members (excludes halogenated alkanes) is 1. The Hall–Kier alpha value is -2.58. The number of aryl methyl sites for hydroxylation is 2. The Bertz CT molecular complexity index is 1090. The fraction of sp³-hybridized carbons (Fsp3) is 0.567. The van der Waals surface area contributed by atoms with E-state index < -0.39 is 22.6 Å². The Balaban J connectivity index is 1.78. The van der Waals surface area contributed by atoms with Crippen LogP contribution >= 0.6 is 11.8 Å². The van der Waals surface area contributed by atoms with E-state index in [1.165, 1.54) is 0 Å². The molecule has 1 spiro atoms. The van der Waals surface area contributed by atoms with Gasteiger partial charge in [0, 0.05) is 30.6 Å². The summed E-state index contributed by atoms with van der Waals surface area (Å²) >= 11 is 1.65. The topological polar surface area (TPSA) is 87.1 Å². The monoisotopic (exact) mass is 540 g/mol. The van der Waals surface area contributed by atoms with Gasteiger partial charge in [-0.3, -0.25) is 14.4 Å². The summed E-state index contributed by atoms with van der Waals surface area (Å²) in [7, 11) is 0. The fourth-order valence-corrected chi connectivity index (χ4v) is 9.24. The number of hydrogen-bond donors (Lipinski definition) is 1. The third-order valence-corrected chi connectivity index (χ3v) is 10.5. The molecule has 3 saturated heterocycles. The van der Waals surface area contributed by atoms with Crippen molar-refractivity contribution in [3.05, 3.63) is 54.6 Å². The van der Waals surface area contributed by atoms with Gasteiger partial charge >= 0.3 is 5.97 Å². The molecule has 6 atom stereocenters. The van der Waals surface area contributed by atoms with Gasteiger partial charge < -0.3 is 19.6 Å². The maximum absolute atomic E-state index is 14.7. The molecule has 0 aromatic heterocycles. The summed E-state index contributed by atoms with van der Waals surface area (Å²) in [5.41, 5.74) is 2.79. The van der Waals surface area contributed by atoms with Crippen molar-refractivity contribution in [2.75, 3.05) is 31.2 Å². The van der Waals surface area contributed by atoms with Crippen LogP contribution in [0.2, 0.25) is 0 Å². The number of fused-ring (bicyclic) bond motifs is 1. The average molecular weight is 541 g/mol. The van der Waals surface area contributed by atoms with Crippen molar-refractivity contribution in [2.45, 2.75) is 62.5 Å². The SMILES string of the molecule is C=CCCOC(=O)[C@@H]1[C@H]2C(=O)N(CCCCO)C(C(=O)N(CC=C)c3c(C)cccc3C)C23S[C@@H]1CC3C. The number of amides is 2. The molecule has 1 aromatic carbocycles. The van der Waals surface area contributed by atoms with E-state index >= 15 is 0 Å². The van der Waals surface area contributed by atoms with Gasteiger partial charge in [0.25, 0.3) is 5.91 Å². The van der Waals surface area contributed by atoms with Crippen LogP contribution < -0.4 is 4.90 Å². The lowest BCUT2D eigenvalue weighted by Gasteiger charge is -2.41. The van der Waals surface area contributed by atoms with Gasteiger partial charge in [0.2, 0.25) is 5.91 Å². The maximum Gasteiger partial charge on any atom is 0.310 e. The lowest BCUT2D eigenvalue weighted by atomic mass is 9.66. The molecule has 3 aliphatic rings. The first-order valence-electron chi connectivity index (χ1n) is 13.6. The summed E-state index contributed by atoms with van der Waals surface area (Å²) in [6.07, 6.45) is 5.84. The Labute approximate surface area is 230 Å². The summed E-state index contributed by atoms with van der Waals surface area (Å²) in [6, 6.07) is 5.23. The molecule has 7 nitrogen and oxygen atoms in total. The van der Waals surface area contributed by atoms with Crippen molar-refractivity contribution in [3.8, 4) is 0 Å². The number of carbonyl (C=O) groups is 3. The summed E-state index contributed by atoms with van der Waals surface area (Å²) in [4.78, 5) is 45.6. The summed E-state index contributed by atoms with van der Waals surface area (Å²) < 4.78 is 4.88. The van der Waals surface area contributed by atoms with Crippen LogP contribution in [0.15, 0.2) is 43.5 Å². The number of carbonyl (C=O) groups excluding carboxylic acids is 3. The van der Waals surface area contributed by atoms with Crippen LogP contribution in [0.3, 0.4) is 0 Å². The number of para-hydroxylation sites is 1. The summed E-state index contributed by atoms with van der Waals surface area (Å²) in [5.74, 6) is -1.73. The van der Waals surface area contributed by atoms with E-state index in [4.69, 9.17) is 4.74 Å². The Morgan fingerprint density at radius 3 is 2.58 bits per heavy atom.